The Balaban J connectivity index is 1.60. The van der Waals surface area contributed by atoms with E-state index in [0.717, 1.165) is 46.4 Å². The Labute approximate surface area is 228 Å². The van der Waals surface area contributed by atoms with Gasteiger partial charge in [0.1, 0.15) is 5.69 Å². The van der Waals surface area contributed by atoms with Crippen molar-refractivity contribution in [1.82, 2.24) is 15.1 Å². The summed E-state index contributed by atoms with van der Waals surface area (Å²) in [5.41, 5.74) is 6.22. The van der Waals surface area contributed by atoms with Gasteiger partial charge in [-0.1, -0.05) is 73.0 Å². The first-order valence-electron chi connectivity index (χ1n) is 13.1. The highest BCUT2D eigenvalue weighted by atomic mass is 35.5. The molecule has 0 radical (unpaired) electrons. The molecule has 0 fully saturated rings. The SMILES string of the molecule is CCCCOc1ccc(C2c3c(-c4ccc(C)cc4)n[nH]c3C(=O)N2Cc2ccc(Cl)cc2)cc1OCC. The molecule has 1 N–H and O–H groups in total. The molecule has 1 aliphatic rings. The maximum atomic E-state index is 13.8. The number of nitrogens with zero attached hydrogens (tertiary/aromatic N) is 2. The third-order valence-electron chi connectivity index (χ3n) is 6.79. The summed E-state index contributed by atoms with van der Waals surface area (Å²) < 4.78 is 12.0. The van der Waals surface area contributed by atoms with Crippen LogP contribution in [0.2, 0.25) is 5.02 Å². The number of unbranched alkanes of at least 4 members (excludes halogenated alkanes) is 1. The second-order valence-electron chi connectivity index (χ2n) is 9.53. The van der Waals surface area contributed by atoms with E-state index in [9.17, 15) is 4.79 Å². The summed E-state index contributed by atoms with van der Waals surface area (Å²) in [5.74, 6) is 1.30. The lowest BCUT2D eigenvalue weighted by atomic mass is 9.95. The van der Waals surface area contributed by atoms with Gasteiger partial charge in [0.25, 0.3) is 5.91 Å². The molecule has 0 saturated heterocycles. The Morgan fingerprint density at radius 3 is 2.45 bits per heavy atom. The first-order chi connectivity index (χ1) is 18.5. The van der Waals surface area contributed by atoms with Crippen LogP contribution in [0, 0.1) is 6.92 Å². The number of nitrogens with one attached hydrogen (secondary N) is 1. The van der Waals surface area contributed by atoms with Crippen molar-refractivity contribution in [3.05, 3.63) is 99.7 Å². The standard InChI is InChI=1S/C31H32ClN3O3/c1-4-6-17-38-25-16-13-23(18-26(25)37-5-2)30-27-28(22-11-7-20(3)8-12-22)33-34-29(27)31(36)35(30)19-21-9-14-24(32)15-10-21/h7-16,18,30H,4-6,17,19H2,1-3H3,(H,33,34). The molecule has 0 saturated carbocycles. The number of halogens is 1. The maximum absolute atomic E-state index is 13.8. The van der Waals surface area contributed by atoms with Crippen molar-refractivity contribution in [3.63, 3.8) is 0 Å². The molecule has 0 aliphatic carbocycles. The minimum atomic E-state index is -0.355. The van der Waals surface area contributed by atoms with Crippen molar-refractivity contribution in [1.29, 1.82) is 0 Å². The number of hydrogen-bond donors (Lipinski definition) is 1. The average Bonchev–Trinajstić information content (AvgIpc) is 3.46. The van der Waals surface area contributed by atoms with Crippen LogP contribution in [0.1, 0.15) is 65.5 Å². The van der Waals surface area contributed by atoms with Crippen LogP contribution in [0.25, 0.3) is 11.3 Å². The van der Waals surface area contributed by atoms with Gasteiger partial charge in [0.15, 0.2) is 11.5 Å². The van der Waals surface area contributed by atoms with Crippen LogP contribution in [0.3, 0.4) is 0 Å². The average molecular weight is 530 g/mol. The van der Waals surface area contributed by atoms with E-state index >= 15 is 0 Å². The van der Waals surface area contributed by atoms with Crippen molar-refractivity contribution in [2.45, 2.75) is 46.2 Å². The van der Waals surface area contributed by atoms with Crippen molar-refractivity contribution in [2.75, 3.05) is 13.2 Å². The molecular formula is C31H32ClN3O3. The van der Waals surface area contributed by atoms with Crippen molar-refractivity contribution < 1.29 is 14.3 Å². The van der Waals surface area contributed by atoms with Crippen LogP contribution < -0.4 is 9.47 Å². The maximum Gasteiger partial charge on any atom is 0.273 e. The fraction of sp³-hybridized carbons (Fsp3) is 0.290. The zero-order valence-corrected chi connectivity index (χ0v) is 22.7. The highest BCUT2D eigenvalue weighted by Crippen LogP contribution is 2.45. The molecule has 1 unspecified atom stereocenters. The fourth-order valence-electron chi connectivity index (χ4n) is 4.83. The summed E-state index contributed by atoms with van der Waals surface area (Å²) in [6, 6.07) is 21.4. The molecule has 196 valence electrons. The molecule has 0 spiro atoms. The number of fused-ring (bicyclic) bond motifs is 1. The van der Waals surface area contributed by atoms with Gasteiger partial charge in [-0.15, -0.1) is 0 Å². The van der Waals surface area contributed by atoms with E-state index in [1.54, 1.807) is 0 Å². The van der Waals surface area contributed by atoms with E-state index < -0.39 is 0 Å². The summed E-state index contributed by atoms with van der Waals surface area (Å²) in [6.45, 7) is 7.71. The van der Waals surface area contributed by atoms with Crippen LogP contribution in [-0.2, 0) is 6.54 Å². The molecule has 1 aromatic heterocycles. The molecule has 1 atom stereocenters. The Kier molecular flexibility index (Phi) is 7.70. The lowest BCUT2D eigenvalue weighted by molar-refractivity contribution is 0.0729. The second-order valence-corrected chi connectivity index (χ2v) is 9.97. The van der Waals surface area contributed by atoms with Crippen molar-refractivity contribution >= 4 is 17.5 Å². The highest BCUT2D eigenvalue weighted by molar-refractivity contribution is 6.30. The number of H-pyrrole nitrogens is 1. The molecule has 1 aliphatic heterocycles. The van der Waals surface area contributed by atoms with Gasteiger partial charge in [-0.3, -0.25) is 9.89 Å². The lowest BCUT2D eigenvalue weighted by Crippen LogP contribution is -2.29. The van der Waals surface area contributed by atoms with Crippen LogP contribution in [0.15, 0.2) is 66.7 Å². The number of carbonyl (C=O) groups excluding carboxylic acids is 1. The second kappa shape index (κ2) is 11.3. The summed E-state index contributed by atoms with van der Waals surface area (Å²) >= 11 is 6.12. The van der Waals surface area contributed by atoms with Gasteiger partial charge in [-0.25, -0.2) is 0 Å². The minimum absolute atomic E-state index is 0.0907. The number of aromatic amines is 1. The Morgan fingerprint density at radius 2 is 1.74 bits per heavy atom. The van der Waals surface area contributed by atoms with E-state index in [-0.39, 0.29) is 11.9 Å². The van der Waals surface area contributed by atoms with Crippen LogP contribution >= 0.6 is 11.6 Å². The van der Waals surface area contributed by atoms with Gasteiger partial charge < -0.3 is 14.4 Å². The van der Waals surface area contributed by atoms with Crippen LogP contribution in [0.5, 0.6) is 11.5 Å². The molecule has 0 bridgehead atoms. The smallest absolute Gasteiger partial charge is 0.273 e. The third kappa shape index (κ3) is 5.14. The van der Waals surface area contributed by atoms with E-state index in [0.29, 0.717) is 42.0 Å². The number of aromatic nitrogens is 2. The normalized spacial score (nSPS) is 14.6. The molecule has 5 rings (SSSR count). The van der Waals surface area contributed by atoms with Gasteiger partial charge in [-0.05, 0) is 55.7 Å². The van der Waals surface area contributed by atoms with Gasteiger partial charge in [0.05, 0.1) is 24.9 Å². The first kappa shape index (κ1) is 25.9. The van der Waals surface area contributed by atoms with Gasteiger partial charge in [0.2, 0.25) is 0 Å². The summed E-state index contributed by atoms with van der Waals surface area (Å²) in [7, 11) is 0. The van der Waals surface area contributed by atoms with Gasteiger partial charge in [0, 0.05) is 22.7 Å². The Hall–Kier alpha value is -3.77. The largest absolute Gasteiger partial charge is 0.490 e. The summed E-state index contributed by atoms with van der Waals surface area (Å²) in [5, 5.41) is 8.30. The molecule has 38 heavy (non-hydrogen) atoms. The number of benzene rings is 3. The molecular weight excluding hydrogens is 498 g/mol. The van der Waals surface area contributed by atoms with E-state index in [2.05, 4.69) is 36.2 Å². The molecule has 4 aromatic rings. The Bertz CT molecular complexity index is 1410. The van der Waals surface area contributed by atoms with E-state index in [1.165, 1.54) is 0 Å². The first-order valence-corrected chi connectivity index (χ1v) is 13.5. The van der Waals surface area contributed by atoms with Gasteiger partial charge in [-0.2, -0.15) is 5.10 Å². The van der Waals surface area contributed by atoms with Crippen molar-refractivity contribution in [2.24, 2.45) is 0 Å². The van der Waals surface area contributed by atoms with Crippen LogP contribution in [-0.4, -0.2) is 34.2 Å². The molecule has 7 heteroatoms. The fourth-order valence-corrected chi connectivity index (χ4v) is 4.96. The minimum Gasteiger partial charge on any atom is -0.490 e. The summed E-state index contributed by atoms with van der Waals surface area (Å²) in [6.07, 6.45) is 2.02. The Morgan fingerprint density at radius 1 is 0.974 bits per heavy atom. The number of rotatable bonds is 10. The van der Waals surface area contributed by atoms with Crippen LogP contribution in [0.4, 0.5) is 0 Å². The number of carbonyl (C=O) groups is 1. The molecule has 2 heterocycles. The molecule has 6 nitrogen and oxygen atoms in total. The molecule has 1 amide bonds. The zero-order valence-electron chi connectivity index (χ0n) is 22.0. The quantitative estimate of drug-likeness (QED) is 0.218. The highest BCUT2D eigenvalue weighted by Gasteiger charge is 2.42. The number of ether oxygens (including phenoxy) is 2. The van der Waals surface area contributed by atoms with E-state index in [1.807, 2.05) is 66.4 Å². The zero-order chi connectivity index (χ0) is 26.6. The van der Waals surface area contributed by atoms with Crippen molar-refractivity contribution in [3.8, 4) is 22.8 Å². The number of hydrogen-bond acceptors (Lipinski definition) is 4. The number of amides is 1. The number of aryl methyl sites for hydroxylation is 1. The predicted molar refractivity (Wildman–Crippen MR) is 150 cm³/mol. The monoisotopic (exact) mass is 529 g/mol. The predicted octanol–water partition coefficient (Wildman–Crippen LogP) is 7.36. The lowest BCUT2D eigenvalue weighted by Gasteiger charge is -2.27. The van der Waals surface area contributed by atoms with E-state index in [4.69, 9.17) is 21.1 Å². The summed E-state index contributed by atoms with van der Waals surface area (Å²) in [4.78, 5) is 15.7. The third-order valence-corrected chi connectivity index (χ3v) is 7.05. The van der Waals surface area contributed by atoms with Gasteiger partial charge >= 0.3 is 0 Å². The topological polar surface area (TPSA) is 67.5 Å². The molecule has 3 aromatic carbocycles.